The lowest BCUT2D eigenvalue weighted by Crippen LogP contribution is -2.37. The average Bonchev–Trinajstić information content (AvgIpc) is 3.03. The molecule has 2 amide bonds. The molecule has 5 heteroatoms. The predicted molar refractivity (Wildman–Crippen MR) is 81.1 cm³/mol. The first-order chi connectivity index (χ1) is 9.56. The van der Waals surface area contributed by atoms with Crippen LogP contribution in [0.2, 0.25) is 0 Å². The van der Waals surface area contributed by atoms with Crippen LogP contribution in [0, 0.1) is 13.8 Å². The number of thiophene rings is 1. The average molecular weight is 292 g/mol. The summed E-state index contributed by atoms with van der Waals surface area (Å²) < 4.78 is 5.44. The lowest BCUT2D eigenvalue weighted by molar-refractivity contribution is 0.209. The largest absolute Gasteiger partial charge is 0.466 e. The van der Waals surface area contributed by atoms with Crippen LogP contribution >= 0.6 is 11.3 Å². The van der Waals surface area contributed by atoms with E-state index >= 15 is 0 Å². The second-order valence-electron chi connectivity index (χ2n) is 4.85. The van der Waals surface area contributed by atoms with E-state index in [1.807, 2.05) is 33.0 Å². The molecule has 0 radical (unpaired) electrons. The third-order valence-corrected chi connectivity index (χ3v) is 4.13. The minimum Gasteiger partial charge on any atom is -0.466 e. The van der Waals surface area contributed by atoms with Crippen LogP contribution in [-0.2, 0) is 13.0 Å². The van der Waals surface area contributed by atoms with Gasteiger partial charge in [-0.25, -0.2) is 4.79 Å². The zero-order valence-electron chi connectivity index (χ0n) is 12.1. The van der Waals surface area contributed by atoms with Gasteiger partial charge in [0.15, 0.2) is 0 Å². The van der Waals surface area contributed by atoms with E-state index in [2.05, 4.69) is 16.8 Å². The number of carbonyl (C=O) groups excluding carboxylic acids is 1. The number of carbonyl (C=O) groups is 1. The van der Waals surface area contributed by atoms with Crippen LogP contribution in [0.5, 0.6) is 0 Å². The number of amides is 2. The molecule has 2 aromatic rings. The maximum Gasteiger partial charge on any atom is 0.317 e. The van der Waals surface area contributed by atoms with Crippen LogP contribution in [0.1, 0.15) is 22.0 Å². The Morgan fingerprint density at radius 1 is 1.45 bits per heavy atom. The molecule has 0 aliphatic carbocycles. The maximum absolute atomic E-state index is 12.0. The van der Waals surface area contributed by atoms with Crippen molar-refractivity contribution in [3.63, 3.8) is 0 Å². The van der Waals surface area contributed by atoms with Gasteiger partial charge in [-0.1, -0.05) is 6.07 Å². The van der Waals surface area contributed by atoms with Crippen LogP contribution in [0.3, 0.4) is 0 Å². The van der Waals surface area contributed by atoms with E-state index in [0.717, 1.165) is 30.0 Å². The third kappa shape index (κ3) is 3.87. The number of nitrogens with zero attached hydrogens (tertiary/aromatic N) is 1. The number of likely N-dealkylation sites (N-methyl/N-ethyl adjacent to an activating group) is 1. The molecule has 0 aliphatic rings. The summed E-state index contributed by atoms with van der Waals surface area (Å²) in [5.41, 5.74) is 1.03. The number of rotatable bonds is 5. The number of hydrogen-bond acceptors (Lipinski definition) is 3. The number of furan rings is 1. The second-order valence-corrected chi connectivity index (χ2v) is 5.88. The van der Waals surface area contributed by atoms with E-state index in [-0.39, 0.29) is 6.03 Å². The fourth-order valence-corrected chi connectivity index (χ4v) is 2.70. The maximum atomic E-state index is 12.0. The Hall–Kier alpha value is -1.75. The van der Waals surface area contributed by atoms with Crippen LogP contribution in [0.4, 0.5) is 4.79 Å². The Balaban J connectivity index is 1.77. The smallest absolute Gasteiger partial charge is 0.317 e. The molecular weight excluding hydrogens is 272 g/mol. The molecule has 2 heterocycles. The molecular formula is C15H20N2O2S. The lowest BCUT2D eigenvalue weighted by Gasteiger charge is -2.17. The SMILES string of the molecule is Cc1cc(CNC(=O)N(C)CCc2cccs2)c(C)o1. The summed E-state index contributed by atoms with van der Waals surface area (Å²) in [6.07, 6.45) is 0.894. The highest BCUT2D eigenvalue weighted by Crippen LogP contribution is 2.13. The molecule has 2 rings (SSSR count). The highest BCUT2D eigenvalue weighted by molar-refractivity contribution is 7.09. The molecule has 0 bridgehead atoms. The number of aryl methyl sites for hydroxylation is 2. The summed E-state index contributed by atoms with van der Waals surface area (Å²) in [5, 5.41) is 4.97. The standard InChI is InChI=1S/C15H20N2O2S/c1-11-9-13(12(2)19-11)10-16-15(18)17(3)7-6-14-5-4-8-20-14/h4-5,8-9H,6-7,10H2,1-3H3,(H,16,18). The molecule has 2 aromatic heterocycles. The highest BCUT2D eigenvalue weighted by atomic mass is 32.1. The van der Waals surface area contributed by atoms with Gasteiger partial charge in [0.1, 0.15) is 11.5 Å². The van der Waals surface area contributed by atoms with Gasteiger partial charge in [-0.05, 0) is 37.8 Å². The first-order valence-electron chi connectivity index (χ1n) is 6.63. The van der Waals surface area contributed by atoms with Gasteiger partial charge in [0, 0.05) is 30.6 Å². The van der Waals surface area contributed by atoms with E-state index in [0.29, 0.717) is 6.54 Å². The van der Waals surface area contributed by atoms with E-state index in [1.165, 1.54) is 4.88 Å². The molecule has 0 saturated carbocycles. The molecule has 0 saturated heterocycles. The quantitative estimate of drug-likeness (QED) is 0.918. The molecule has 0 spiro atoms. The zero-order valence-corrected chi connectivity index (χ0v) is 12.9. The van der Waals surface area contributed by atoms with Gasteiger partial charge in [0.05, 0.1) is 0 Å². The van der Waals surface area contributed by atoms with Crippen LogP contribution in [0.15, 0.2) is 28.0 Å². The molecule has 0 atom stereocenters. The molecule has 108 valence electrons. The van der Waals surface area contributed by atoms with Crippen molar-refractivity contribution in [1.29, 1.82) is 0 Å². The first kappa shape index (κ1) is 14.7. The Bertz CT molecular complexity index is 560. The van der Waals surface area contributed by atoms with Crippen LogP contribution in [0.25, 0.3) is 0 Å². The van der Waals surface area contributed by atoms with E-state index in [9.17, 15) is 4.79 Å². The van der Waals surface area contributed by atoms with Gasteiger partial charge >= 0.3 is 6.03 Å². The topological polar surface area (TPSA) is 45.5 Å². The van der Waals surface area contributed by atoms with Crippen molar-refractivity contribution in [3.05, 3.63) is 45.5 Å². The number of nitrogens with one attached hydrogen (secondary N) is 1. The van der Waals surface area contributed by atoms with Crippen molar-refractivity contribution in [1.82, 2.24) is 10.2 Å². The molecule has 4 nitrogen and oxygen atoms in total. The fourth-order valence-electron chi connectivity index (χ4n) is 2.00. The fraction of sp³-hybridized carbons (Fsp3) is 0.400. The van der Waals surface area contributed by atoms with E-state index < -0.39 is 0 Å². The number of urea groups is 1. The summed E-state index contributed by atoms with van der Waals surface area (Å²) in [7, 11) is 1.82. The van der Waals surface area contributed by atoms with Crippen LogP contribution in [-0.4, -0.2) is 24.5 Å². The molecule has 1 N–H and O–H groups in total. The van der Waals surface area contributed by atoms with Crippen molar-refractivity contribution in [2.24, 2.45) is 0 Å². The van der Waals surface area contributed by atoms with Crippen molar-refractivity contribution < 1.29 is 9.21 Å². The van der Waals surface area contributed by atoms with Gasteiger partial charge < -0.3 is 14.6 Å². The molecule has 0 fully saturated rings. The summed E-state index contributed by atoms with van der Waals surface area (Å²) in [5.74, 6) is 1.74. The summed E-state index contributed by atoms with van der Waals surface area (Å²) in [6, 6.07) is 6.03. The highest BCUT2D eigenvalue weighted by Gasteiger charge is 2.10. The summed E-state index contributed by atoms with van der Waals surface area (Å²) >= 11 is 1.72. The van der Waals surface area contributed by atoms with Gasteiger partial charge in [0.2, 0.25) is 0 Å². The predicted octanol–water partition coefficient (Wildman–Crippen LogP) is 3.34. The van der Waals surface area contributed by atoms with Crippen molar-refractivity contribution in [2.45, 2.75) is 26.8 Å². The third-order valence-electron chi connectivity index (χ3n) is 3.19. The van der Waals surface area contributed by atoms with Crippen molar-refractivity contribution >= 4 is 17.4 Å². The minimum atomic E-state index is -0.0557. The Morgan fingerprint density at radius 3 is 2.85 bits per heavy atom. The van der Waals surface area contributed by atoms with Gasteiger partial charge in [-0.15, -0.1) is 11.3 Å². The molecule has 0 unspecified atom stereocenters. The van der Waals surface area contributed by atoms with Crippen LogP contribution < -0.4 is 5.32 Å². The Kier molecular flexibility index (Phi) is 4.84. The zero-order chi connectivity index (χ0) is 14.5. The van der Waals surface area contributed by atoms with E-state index in [4.69, 9.17) is 4.42 Å². The Labute approximate surface area is 123 Å². The normalized spacial score (nSPS) is 10.6. The minimum absolute atomic E-state index is 0.0557. The van der Waals surface area contributed by atoms with E-state index in [1.54, 1.807) is 16.2 Å². The van der Waals surface area contributed by atoms with Crippen molar-refractivity contribution in [2.75, 3.05) is 13.6 Å². The Morgan fingerprint density at radius 2 is 2.25 bits per heavy atom. The number of hydrogen-bond donors (Lipinski definition) is 1. The first-order valence-corrected chi connectivity index (χ1v) is 7.51. The monoisotopic (exact) mass is 292 g/mol. The second kappa shape index (κ2) is 6.61. The van der Waals surface area contributed by atoms with Crippen molar-refractivity contribution in [3.8, 4) is 0 Å². The van der Waals surface area contributed by atoms with Gasteiger partial charge in [-0.3, -0.25) is 0 Å². The van der Waals surface area contributed by atoms with Gasteiger partial charge in [-0.2, -0.15) is 0 Å². The molecule has 20 heavy (non-hydrogen) atoms. The lowest BCUT2D eigenvalue weighted by atomic mass is 10.2. The summed E-state index contributed by atoms with van der Waals surface area (Å²) in [6.45, 7) is 5.04. The molecule has 0 aromatic carbocycles. The summed E-state index contributed by atoms with van der Waals surface area (Å²) in [4.78, 5) is 15.0. The van der Waals surface area contributed by atoms with Gasteiger partial charge in [0.25, 0.3) is 0 Å². The molecule has 0 aliphatic heterocycles.